The molecule has 2 aromatic carbocycles. The molecule has 0 radical (unpaired) electrons. The lowest BCUT2D eigenvalue weighted by atomic mass is 10.2. The fourth-order valence-corrected chi connectivity index (χ4v) is 2.54. The highest BCUT2D eigenvalue weighted by Gasteiger charge is 2.16. The quantitative estimate of drug-likeness (QED) is 0.521. The topological polar surface area (TPSA) is 127 Å². The second kappa shape index (κ2) is 9.10. The van der Waals surface area contributed by atoms with Gasteiger partial charge in [-0.05, 0) is 55.5 Å². The molecule has 0 fully saturated rings. The Morgan fingerprint density at radius 2 is 1.70 bits per heavy atom. The van der Waals surface area contributed by atoms with Gasteiger partial charge in [-0.15, -0.1) is 0 Å². The molecule has 1 atom stereocenters. The number of hydrogen-bond acceptors (Lipinski definition) is 7. The first kappa shape index (κ1) is 20.9. The molecule has 30 heavy (non-hydrogen) atoms. The number of Topliss-reactive ketones (excluding diaryl/α,β-unsaturated/α-hetero) is 1. The third-order valence-electron chi connectivity index (χ3n) is 4.14. The van der Waals surface area contributed by atoms with E-state index in [-0.39, 0.29) is 28.9 Å². The van der Waals surface area contributed by atoms with Crippen LogP contribution >= 0.6 is 0 Å². The Morgan fingerprint density at radius 3 is 2.23 bits per heavy atom. The van der Waals surface area contributed by atoms with Crippen LogP contribution < -0.4 is 15.8 Å². The Labute approximate surface area is 171 Å². The zero-order chi connectivity index (χ0) is 21.7. The largest absolute Gasteiger partial charge is 0.457 e. The molecule has 1 heterocycles. The molecule has 0 saturated heterocycles. The number of ether oxygens (including phenoxy) is 1. The van der Waals surface area contributed by atoms with E-state index in [1.807, 2.05) is 0 Å². The second-order valence-electron chi connectivity index (χ2n) is 6.40. The molecular formula is C21H19FN4O4. The minimum atomic E-state index is -0.875. The van der Waals surface area contributed by atoms with Gasteiger partial charge in [0.05, 0.1) is 6.61 Å². The van der Waals surface area contributed by atoms with Crippen molar-refractivity contribution in [2.24, 2.45) is 5.73 Å². The van der Waals surface area contributed by atoms with E-state index >= 15 is 0 Å². The van der Waals surface area contributed by atoms with Crippen molar-refractivity contribution in [3.05, 3.63) is 66.1 Å². The highest BCUT2D eigenvalue weighted by molar-refractivity contribution is 5.92. The number of rotatable bonds is 8. The first-order chi connectivity index (χ1) is 14.4. The van der Waals surface area contributed by atoms with Gasteiger partial charge in [-0.2, -0.15) is 0 Å². The number of carbonyl (C=O) groups is 2. The maximum absolute atomic E-state index is 13.0. The SMILES string of the molecule is CC(=O)[C@H](CO)Nc1cc(C(N)=O)nc(-c2ccc(Oc3ccc(F)cc3)cc2)n1. The summed E-state index contributed by atoms with van der Waals surface area (Å²) < 4.78 is 18.6. The molecule has 1 amide bonds. The summed E-state index contributed by atoms with van der Waals surface area (Å²) in [5, 5.41) is 12.1. The predicted molar refractivity (Wildman–Crippen MR) is 108 cm³/mol. The molecule has 0 aliphatic heterocycles. The van der Waals surface area contributed by atoms with Gasteiger partial charge in [0.2, 0.25) is 0 Å². The van der Waals surface area contributed by atoms with E-state index in [1.165, 1.54) is 37.3 Å². The van der Waals surface area contributed by atoms with E-state index < -0.39 is 18.6 Å². The zero-order valence-electron chi connectivity index (χ0n) is 16.0. The van der Waals surface area contributed by atoms with Gasteiger partial charge in [0, 0.05) is 11.6 Å². The third kappa shape index (κ3) is 5.15. The normalized spacial score (nSPS) is 11.6. The molecule has 0 bridgehead atoms. The van der Waals surface area contributed by atoms with Crippen LogP contribution in [0.4, 0.5) is 10.2 Å². The van der Waals surface area contributed by atoms with Crippen LogP contribution in [-0.4, -0.2) is 39.4 Å². The van der Waals surface area contributed by atoms with Gasteiger partial charge in [0.1, 0.15) is 34.9 Å². The molecule has 9 heteroatoms. The second-order valence-corrected chi connectivity index (χ2v) is 6.40. The van der Waals surface area contributed by atoms with Crippen molar-refractivity contribution < 1.29 is 23.8 Å². The molecule has 0 unspecified atom stereocenters. The molecule has 0 aliphatic rings. The minimum Gasteiger partial charge on any atom is -0.457 e. The molecule has 3 aromatic rings. The summed E-state index contributed by atoms with van der Waals surface area (Å²) in [6, 6.07) is 12.7. The molecule has 8 nitrogen and oxygen atoms in total. The molecule has 0 saturated carbocycles. The van der Waals surface area contributed by atoms with Crippen molar-refractivity contribution >= 4 is 17.5 Å². The van der Waals surface area contributed by atoms with Crippen molar-refractivity contribution in [1.82, 2.24) is 9.97 Å². The Hall–Kier alpha value is -3.85. The number of amides is 1. The highest BCUT2D eigenvalue weighted by atomic mass is 19.1. The number of hydrogen-bond donors (Lipinski definition) is 3. The number of halogens is 1. The summed E-state index contributed by atoms with van der Waals surface area (Å²) in [5.74, 6) is -0.0608. The molecule has 0 aliphatic carbocycles. The van der Waals surface area contributed by atoms with Crippen LogP contribution in [-0.2, 0) is 4.79 Å². The number of carbonyl (C=O) groups excluding carboxylic acids is 2. The number of ketones is 1. The van der Waals surface area contributed by atoms with Crippen molar-refractivity contribution in [3.8, 4) is 22.9 Å². The van der Waals surface area contributed by atoms with Crippen molar-refractivity contribution in [2.45, 2.75) is 13.0 Å². The number of nitrogens with one attached hydrogen (secondary N) is 1. The van der Waals surface area contributed by atoms with Gasteiger partial charge in [0.15, 0.2) is 11.6 Å². The summed E-state index contributed by atoms with van der Waals surface area (Å²) in [4.78, 5) is 31.7. The van der Waals surface area contributed by atoms with Crippen LogP contribution in [0.3, 0.4) is 0 Å². The first-order valence-electron chi connectivity index (χ1n) is 8.96. The lowest BCUT2D eigenvalue weighted by Gasteiger charge is -2.15. The Morgan fingerprint density at radius 1 is 1.10 bits per heavy atom. The van der Waals surface area contributed by atoms with Crippen LogP contribution in [0.5, 0.6) is 11.5 Å². The number of aliphatic hydroxyl groups is 1. The van der Waals surface area contributed by atoms with Crippen molar-refractivity contribution in [3.63, 3.8) is 0 Å². The van der Waals surface area contributed by atoms with E-state index in [1.54, 1.807) is 24.3 Å². The summed E-state index contributed by atoms with van der Waals surface area (Å²) in [5.41, 5.74) is 5.87. The number of aliphatic hydroxyl groups excluding tert-OH is 1. The maximum Gasteiger partial charge on any atom is 0.267 e. The fraction of sp³-hybridized carbons (Fsp3) is 0.143. The van der Waals surface area contributed by atoms with Crippen LogP contribution in [0.2, 0.25) is 0 Å². The lowest BCUT2D eigenvalue weighted by Crippen LogP contribution is -2.31. The fourth-order valence-electron chi connectivity index (χ4n) is 2.54. The van der Waals surface area contributed by atoms with Crippen molar-refractivity contribution in [1.29, 1.82) is 0 Å². The Kier molecular flexibility index (Phi) is 6.33. The van der Waals surface area contributed by atoms with Gasteiger partial charge >= 0.3 is 0 Å². The Bertz CT molecular complexity index is 1060. The minimum absolute atomic E-state index is 0.0469. The number of anilines is 1. The number of benzene rings is 2. The van der Waals surface area contributed by atoms with Gasteiger partial charge < -0.3 is 20.9 Å². The van der Waals surface area contributed by atoms with E-state index in [0.29, 0.717) is 17.1 Å². The molecule has 0 spiro atoms. The average molecular weight is 410 g/mol. The molecule has 3 rings (SSSR count). The summed E-state index contributed by atoms with van der Waals surface area (Å²) in [7, 11) is 0. The van der Waals surface area contributed by atoms with Gasteiger partial charge in [-0.1, -0.05) is 0 Å². The number of nitrogens with zero attached hydrogens (tertiary/aromatic N) is 2. The van der Waals surface area contributed by atoms with Gasteiger partial charge in [-0.25, -0.2) is 14.4 Å². The van der Waals surface area contributed by atoms with Gasteiger partial charge in [0.25, 0.3) is 5.91 Å². The third-order valence-corrected chi connectivity index (χ3v) is 4.14. The van der Waals surface area contributed by atoms with E-state index in [4.69, 9.17) is 10.5 Å². The monoisotopic (exact) mass is 410 g/mol. The summed E-state index contributed by atoms with van der Waals surface area (Å²) in [6.45, 7) is 0.890. The van der Waals surface area contributed by atoms with Crippen molar-refractivity contribution in [2.75, 3.05) is 11.9 Å². The van der Waals surface area contributed by atoms with E-state index in [2.05, 4.69) is 15.3 Å². The Balaban J connectivity index is 1.87. The average Bonchev–Trinajstić information content (AvgIpc) is 2.73. The van der Waals surface area contributed by atoms with Gasteiger partial charge in [-0.3, -0.25) is 9.59 Å². The maximum atomic E-state index is 13.0. The van der Waals surface area contributed by atoms with Crippen LogP contribution in [0.25, 0.3) is 11.4 Å². The highest BCUT2D eigenvalue weighted by Crippen LogP contribution is 2.25. The standard InChI is InChI=1S/C21H19FN4O4/c1-12(28)18(11-27)24-19-10-17(20(23)29)25-21(26-19)13-2-6-15(7-3-13)30-16-8-4-14(22)5-9-16/h2-10,18,27H,11H2,1H3,(H2,23,29)(H,24,25,26)/t18-/m0/s1. The smallest absolute Gasteiger partial charge is 0.267 e. The number of aromatic nitrogens is 2. The summed E-state index contributed by atoms with van der Waals surface area (Å²) in [6.07, 6.45) is 0. The molecule has 1 aromatic heterocycles. The number of nitrogens with two attached hydrogens (primary N) is 1. The van der Waals surface area contributed by atoms with E-state index in [0.717, 1.165) is 0 Å². The first-order valence-corrected chi connectivity index (χ1v) is 8.96. The van der Waals surface area contributed by atoms with E-state index in [9.17, 15) is 19.1 Å². The zero-order valence-corrected chi connectivity index (χ0v) is 16.0. The molecule has 4 N–H and O–H groups in total. The number of primary amides is 1. The van der Waals surface area contributed by atoms with Crippen LogP contribution in [0.1, 0.15) is 17.4 Å². The molecule has 154 valence electrons. The van der Waals surface area contributed by atoms with Crippen LogP contribution in [0, 0.1) is 5.82 Å². The predicted octanol–water partition coefficient (Wildman–Crippen LogP) is 2.54. The van der Waals surface area contributed by atoms with Crippen LogP contribution in [0.15, 0.2) is 54.6 Å². The molecular weight excluding hydrogens is 391 g/mol. The lowest BCUT2D eigenvalue weighted by molar-refractivity contribution is -0.118. The summed E-state index contributed by atoms with van der Waals surface area (Å²) >= 11 is 0.